The van der Waals surface area contributed by atoms with Crippen LogP contribution in [0.15, 0.2) is 11.6 Å². The molecule has 3 saturated carbocycles. The monoisotopic (exact) mass is 502 g/mol. The molecule has 208 valence electrons. The second kappa shape index (κ2) is 13.9. The summed E-state index contributed by atoms with van der Waals surface area (Å²) in [4.78, 5) is 0. The first kappa shape index (κ1) is 32.5. The Morgan fingerprint density at radius 2 is 1.57 bits per heavy atom. The molecule has 3 fully saturated rings. The third-order valence-corrected chi connectivity index (χ3v) is 10.0. The molecule has 0 radical (unpaired) electrons. The molecule has 4 aliphatic carbocycles. The normalized spacial score (nSPS) is 38.4. The number of hydrogen-bond acceptors (Lipinski definition) is 1. The van der Waals surface area contributed by atoms with Crippen molar-refractivity contribution in [2.75, 3.05) is 0 Å². The van der Waals surface area contributed by atoms with E-state index in [1.165, 1.54) is 38.2 Å². The van der Waals surface area contributed by atoms with Crippen LogP contribution in [0.4, 0.5) is 13.2 Å². The molecular formula is C31H57F3O. The van der Waals surface area contributed by atoms with Crippen molar-refractivity contribution in [2.45, 2.75) is 145 Å². The molecule has 8 unspecified atom stereocenters. The Morgan fingerprint density at radius 1 is 0.943 bits per heavy atom. The number of rotatable bonds is 4. The largest absolute Gasteiger partial charge is 0.393 e. The van der Waals surface area contributed by atoms with E-state index in [0.29, 0.717) is 17.8 Å². The van der Waals surface area contributed by atoms with E-state index in [4.69, 9.17) is 0 Å². The van der Waals surface area contributed by atoms with Gasteiger partial charge in [0.2, 0.25) is 0 Å². The number of allylic oxidation sites excluding steroid dienone is 1. The topological polar surface area (TPSA) is 20.2 Å². The maximum atomic E-state index is 12.9. The second-order valence-corrected chi connectivity index (χ2v) is 11.3. The van der Waals surface area contributed by atoms with Crippen LogP contribution in [0.1, 0.15) is 133 Å². The Bertz CT molecular complexity index is 642. The van der Waals surface area contributed by atoms with Gasteiger partial charge < -0.3 is 5.11 Å². The van der Waals surface area contributed by atoms with Gasteiger partial charge in [-0.1, -0.05) is 80.4 Å². The van der Waals surface area contributed by atoms with E-state index in [-0.39, 0.29) is 17.9 Å². The average molecular weight is 503 g/mol. The van der Waals surface area contributed by atoms with Crippen LogP contribution in [0.2, 0.25) is 0 Å². The van der Waals surface area contributed by atoms with Crippen LogP contribution < -0.4 is 0 Å². The zero-order valence-electron chi connectivity index (χ0n) is 24.4. The van der Waals surface area contributed by atoms with E-state index < -0.39 is 12.1 Å². The van der Waals surface area contributed by atoms with Gasteiger partial charge in [0.1, 0.15) is 0 Å². The summed E-state index contributed by atoms with van der Waals surface area (Å²) in [6, 6.07) is 0. The van der Waals surface area contributed by atoms with Crippen LogP contribution in [0, 0.1) is 40.4 Å². The standard InChI is InChI=1S/C25H39F3O.3C2H6/c1-16(25(26,27)28)5-4-6-17-8-10-21-20-9-7-18-15-19(29)11-13-24(18,3)22(20)12-14-23(17,21)2;3*1-2/h7,16-17,19-22,29H,4-6,8-15H2,1-3H3;3*1-2H3. The first-order chi connectivity index (χ1) is 16.6. The van der Waals surface area contributed by atoms with Crippen molar-refractivity contribution in [3.8, 4) is 0 Å². The van der Waals surface area contributed by atoms with E-state index >= 15 is 0 Å². The SMILES string of the molecule is CC.CC.CC.CC(CCCC1CCC2C3CC=C4CC(O)CCC4(C)C3CCC12C)C(F)(F)F. The molecule has 4 rings (SSSR count). The summed E-state index contributed by atoms with van der Waals surface area (Å²) in [6.45, 7) is 18.2. The molecule has 0 aromatic heterocycles. The summed E-state index contributed by atoms with van der Waals surface area (Å²) in [5, 5.41) is 10.1. The number of fused-ring (bicyclic) bond motifs is 5. The summed E-state index contributed by atoms with van der Waals surface area (Å²) in [6.07, 6.45) is 9.25. The molecule has 0 amide bonds. The van der Waals surface area contributed by atoms with Gasteiger partial charge in [-0.05, 0) is 98.7 Å². The van der Waals surface area contributed by atoms with Crippen LogP contribution in [0.5, 0.6) is 0 Å². The predicted octanol–water partition coefficient (Wildman–Crippen LogP) is 10.4. The van der Waals surface area contributed by atoms with Gasteiger partial charge in [-0.3, -0.25) is 0 Å². The lowest BCUT2D eigenvalue weighted by Gasteiger charge is -2.58. The lowest BCUT2D eigenvalue weighted by Crippen LogP contribution is -2.50. The van der Waals surface area contributed by atoms with E-state index in [2.05, 4.69) is 19.9 Å². The van der Waals surface area contributed by atoms with Crippen LogP contribution in [-0.2, 0) is 0 Å². The van der Waals surface area contributed by atoms with Gasteiger partial charge in [0.05, 0.1) is 12.0 Å². The highest BCUT2D eigenvalue weighted by Crippen LogP contribution is 2.66. The first-order valence-corrected chi connectivity index (χ1v) is 15.0. The van der Waals surface area contributed by atoms with Crippen molar-refractivity contribution in [1.29, 1.82) is 0 Å². The van der Waals surface area contributed by atoms with E-state index in [1.807, 2.05) is 41.5 Å². The minimum atomic E-state index is -4.05. The van der Waals surface area contributed by atoms with Crippen molar-refractivity contribution in [3.63, 3.8) is 0 Å². The predicted molar refractivity (Wildman–Crippen MR) is 144 cm³/mol. The maximum Gasteiger partial charge on any atom is 0.391 e. The van der Waals surface area contributed by atoms with E-state index in [9.17, 15) is 18.3 Å². The molecule has 8 atom stereocenters. The molecule has 4 heteroatoms. The third kappa shape index (κ3) is 6.88. The molecule has 0 saturated heterocycles. The van der Waals surface area contributed by atoms with Gasteiger partial charge in [0, 0.05) is 0 Å². The van der Waals surface area contributed by atoms with Gasteiger partial charge in [0.25, 0.3) is 0 Å². The number of halogens is 3. The molecule has 1 nitrogen and oxygen atoms in total. The third-order valence-electron chi connectivity index (χ3n) is 10.0. The minimum Gasteiger partial charge on any atom is -0.393 e. The fourth-order valence-corrected chi connectivity index (χ4v) is 8.06. The number of alkyl halides is 3. The average Bonchev–Trinajstić information content (AvgIpc) is 3.19. The van der Waals surface area contributed by atoms with Gasteiger partial charge in [0.15, 0.2) is 0 Å². The smallest absolute Gasteiger partial charge is 0.391 e. The molecule has 35 heavy (non-hydrogen) atoms. The Kier molecular flexibility index (Phi) is 12.9. The van der Waals surface area contributed by atoms with E-state index in [1.54, 1.807) is 0 Å². The summed E-state index contributed by atoms with van der Waals surface area (Å²) >= 11 is 0. The molecule has 1 N–H and O–H groups in total. The van der Waals surface area contributed by atoms with E-state index in [0.717, 1.165) is 49.9 Å². The fourth-order valence-electron chi connectivity index (χ4n) is 8.06. The Hall–Kier alpha value is -0.510. The molecular weight excluding hydrogens is 445 g/mol. The molecule has 0 spiro atoms. The molecule has 0 heterocycles. The van der Waals surface area contributed by atoms with Crippen LogP contribution in [0.3, 0.4) is 0 Å². The van der Waals surface area contributed by atoms with Gasteiger partial charge in [-0.2, -0.15) is 13.2 Å². The van der Waals surface area contributed by atoms with Gasteiger partial charge in [-0.15, -0.1) is 0 Å². The number of aliphatic hydroxyl groups is 1. The van der Waals surface area contributed by atoms with Crippen LogP contribution >= 0.6 is 0 Å². The highest BCUT2D eigenvalue weighted by atomic mass is 19.4. The lowest BCUT2D eigenvalue weighted by molar-refractivity contribution is -0.171. The summed E-state index contributed by atoms with van der Waals surface area (Å²) in [5.74, 6) is 1.62. The summed E-state index contributed by atoms with van der Waals surface area (Å²) < 4.78 is 38.6. The highest BCUT2D eigenvalue weighted by molar-refractivity contribution is 5.25. The number of hydrogen-bond donors (Lipinski definition) is 1. The first-order valence-electron chi connectivity index (χ1n) is 15.0. The Labute approximate surface area is 215 Å². The van der Waals surface area contributed by atoms with Crippen molar-refractivity contribution >= 4 is 0 Å². The van der Waals surface area contributed by atoms with Crippen molar-refractivity contribution in [1.82, 2.24) is 0 Å². The summed E-state index contributed by atoms with van der Waals surface area (Å²) in [5.41, 5.74) is 2.10. The van der Waals surface area contributed by atoms with Crippen molar-refractivity contribution in [3.05, 3.63) is 11.6 Å². The second-order valence-electron chi connectivity index (χ2n) is 11.3. The maximum absolute atomic E-state index is 12.9. The Morgan fingerprint density at radius 3 is 2.17 bits per heavy atom. The van der Waals surface area contributed by atoms with Crippen molar-refractivity contribution < 1.29 is 18.3 Å². The fraction of sp³-hybridized carbons (Fsp3) is 0.935. The summed E-state index contributed by atoms with van der Waals surface area (Å²) in [7, 11) is 0. The molecule has 0 bridgehead atoms. The van der Waals surface area contributed by atoms with Crippen LogP contribution in [0.25, 0.3) is 0 Å². The lowest BCUT2D eigenvalue weighted by atomic mass is 9.47. The molecule has 0 aromatic carbocycles. The molecule has 0 aromatic rings. The van der Waals surface area contributed by atoms with Crippen LogP contribution in [-0.4, -0.2) is 17.4 Å². The Balaban J connectivity index is 0.000000949. The molecule has 0 aliphatic heterocycles. The zero-order chi connectivity index (χ0) is 27.0. The minimum absolute atomic E-state index is 0.158. The van der Waals surface area contributed by atoms with Crippen molar-refractivity contribution in [2.24, 2.45) is 40.4 Å². The molecule has 4 aliphatic rings. The zero-order valence-corrected chi connectivity index (χ0v) is 24.4. The highest BCUT2D eigenvalue weighted by Gasteiger charge is 2.58. The quantitative estimate of drug-likeness (QED) is 0.379. The van der Waals surface area contributed by atoms with Gasteiger partial charge >= 0.3 is 6.18 Å². The number of aliphatic hydroxyl groups excluding tert-OH is 1. The van der Waals surface area contributed by atoms with Gasteiger partial charge in [-0.25, -0.2) is 0 Å².